The van der Waals surface area contributed by atoms with Gasteiger partial charge in [-0.05, 0) is 43.2 Å². The van der Waals surface area contributed by atoms with Crippen LogP contribution in [-0.4, -0.2) is 28.3 Å². The number of phenols is 1. The highest BCUT2D eigenvalue weighted by Gasteiger charge is 2.09. The van der Waals surface area contributed by atoms with Gasteiger partial charge < -0.3 is 10.2 Å². The minimum absolute atomic E-state index is 0.0509. The maximum absolute atomic E-state index is 10.4. The normalized spacial score (nSPS) is 8.92. The molecule has 24 heavy (non-hydrogen) atoms. The minimum atomic E-state index is -1.11. The topological polar surface area (TPSA) is 116 Å². The number of aromatic carboxylic acids is 1. The molecule has 0 atom stereocenters. The number of aromatic hydroxyl groups is 1. The molecule has 0 aromatic heterocycles. The van der Waals surface area contributed by atoms with Gasteiger partial charge in [-0.2, -0.15) is 9.98 Å². The number of carboxylic acid groups (broad SMARTS) is 1. The molecule has 0 saturated heterocycles. The number of carbonyl (C=O) groups is 1. The number of hydrogen-bond donors (Lipinski definition) is 2. The van der Waals surface area contributed by atoms with Crippen molar-refractivity contribution in [3.63, 3.8) is 0 Å². The smallest absolute Gasteiger partial charge is 0.339 e. The molecule has 0 spiro atoms. The van der Waals surface area contributed by atoms with Crippen LogP contribution in [0, 0.1) is 13.8 Å². The van der Waals surface area contributed by atoms with E-state index in [1.54, 1.807) is 38.1 Å². The number of rotatable bonds is 3. The molecule has 0 saturated carbocycles. The average molecular weight is 326 g/mol. The summed E-state index contributed by atoms with van der Waals surface area (Å²) in [4.78, 5) is 37.2. The molecule has 2 rings (SSSR count). The zero-order valence-electron chi connectivity index (χ0n) is 13.0. The summed E-state index contributed by atoms with van der Waals surface area (Å²) in [5, 5.41) is 17.7. The maximum atomic E-state index is 10.4. The fourth-order valence-electron chi connectivity index (χ4n) is 1.72. The zero-order chi connectivity index (χ0) is 18.1. The fraction of sp³-hybridized carbons (Fsp3) is 0.118. The molecule has 0 radical (unpaired) electrons. The van der Waals surface area contributed by atoms with Gasteiger partial charge >= 0.3 is 5.97 Å². The van der Waals surface area contributed by atoms with Gasteiger partial charge in [0.1, 0.15) is 11.3 Å². The molecular formula is C17H14N2O5. The lowest BCUT2D eigenvalue weighted by atomic mass is 10.1. The molecule has 2 aromatic rings. The summed E-state index contributed by atoms with van der Waals surface area (Å²) in [6.07, 6.45) is 2.84. The molecule has 2 N–H and O–H groups in total. The van der Waals surface area contributed by atoms with E-state index in [0.717, 1.165) is 5.56 Å². The van der Waals surface area contributed by atoms with Gasteiger partial charge in [0, 0.05) is 0 Å². The summed E-state index contributed by atoms with van der Waals surface area (Å²) in [7, 11) is 0. The van der Waals surface area contributed by atoms with Crippen molar-refractivity contribution < 1.29 is 24.6 Å². The van der Waals surface area contributed by atoms with Crippen LogP contribution in [0.1, 0.15) is 21.5 Å². The molecule has 122 valence electrons. The Morgan fingerprint density at radius 2 is 1.67 bits per heavy atom. The molecule has 0 aliphatic heterocycles. The van der Waals surface area contributed by atoms with E-state index >= 15 is 0 Å². The lowest BCUT2D eigenvalue weighted by Crippen LogP contribution is -1.96. The van der Waals surface area contributed by atoms with Gasteiger partial charge in [0.15, 0.2) is 0 Å². The Bertz CT molecular complexity index is 848. The molecule has 0 amide bonds. The molecule has 0 bridgehead atoms. The van der Waals surface area contributed by atoms with E-state index in [1.165, 1.54) is 24.3 Å². The Hall–Kier alpha value is -3.53. The van der Waals surface area contributed by atoms with Gasteiger partial charge in [0.2, 0.25) is 12.2 Å². The number of aliphatic imine (C=N–C) groups is 2. The van der Waals surface area contributed by atoms with Gasteiger partial charge in [-0.15, -0.1) is 0 Å². The van der Waals surface area contributed by atoms with E-state index < -0.39 is 5.97 Å². The lowest BCUT2D eigenvalue weighted by molar-refractivity contribution is 0.0693. The molecule has 7 nitrogen and oxygen atoms in total. The van der Waals surface area contributed by atoms with Crippen molar-refractivity contribution in [3.05, 3.63) is 53.1 Å². The maximum Gasteiger partial charge on any atom is 0.339 e. The van der Waals surface area contributed by atoms with Crippen molar-refractivity contribution in [1.29, 1.82) is 0 Å². The predicted molar refractivity (Wildman–Crippen MR) is 86.5 cm³/mol. The first-order valence-corrected chi connectivity index (χ1v) is 6.69. The van der Waals surface area contributed by atoms with Crippen LogP contribution in [-0.2, 0) is 9.59 Å². The number of aryl methyl sites for hydroxylation is 2. The van der Waals surface area contributed by atoms with Gasteiger partial charge in [-0.25, -0.2) is 14.4 Å². The van der Waals surface area contributed by atoms with Crippen LogP contribution in [0.15, 0.2) is 46.4 Å². The quantitative estimate of drug-likeness (QED) is 0.663. The Labute approximate surface area is 137 Å². The zero-order valence-corrected chi connectivity index (χ0v) is 13.0. The Morgan fingerprint density at radius 3 is 2.21 bits per heavy atom. The number of isocyanates is 2. The fourth-order valence-corrected chi connectivity index (χ4v) is 1.72. The second kappa shape index (κ2) is 8.80. The number of hydrogen-bond acceptors (Lipinski definition) is 6. The summed E-state index contributed by atoms with van der Waals surface area (Å²) in [5.74, 6) is -1.26. The predicted octanol–water partition coefficient (Wildman–Crippen LogP) is 3.33. The summed E-state index contributed by atoms with van der Waals surface area (Å²) >= 11 is 0. The van der Waals surface area contributed by atoms with Crippen molar-refractivity contribution in [2.24, 2.45) is 9.98 Å². The number of benzene rings is 2. The van der Waals surface area contributed by atoms with Crippen molar-refractivity contribution in [2.45, 2.75) is 13.8 Å². The van der Waals surface area contributed by atoms with Crippen LogP contribution in [0.25, 0.3) is 0 Å². The van der Waals surface area contributed by atoms with Crippen LogP contribution in [0.5, 0.6) is 5.75 Å². The summed E-state index contributed by atoms with van der Waals surface area (Å²) in [6, 6.07) is 9.49. The van der Waals surface area contributed by atoms with E-state index in [2.05, 4.69) is 9.98 Å². The van der Waals surface area contributed by atoms with Crippen LogP contribution >= 0.6 is 0 Å². The second-order valence-corrected chi connectivity index (χ2v) is 4.65. The molecular weight excluding hydrogens is 312 g/mol. The minimum Gasteiger partial charge on any atom is -0.507 e. The van der Waals surface area contributed by atoms with E-state index in [9.17, 15) is 19.5 Å². The van der Waals surface area contributed by atoms with Gasteiger partial charge in [0.05, 0.1) is 11.4 Å². The first-order chi connectivity index (χ1) is 11.4. The molecule has 2 aromatic carbocycles. The third-order valence-corrected chi connectivity index (χ3v) is 3.00. The van der Waals surface area contributed by atoms with Crippen molar-refractivity contribution in [3.8, 4) is 5.75 Å². The van der Waals surface area contributed by atoms with E-state index in [1.807, 2.05) is 0 Å². The third kappa shape index (κ3) is 5.03. The van der Waals surface area contributed by atoms with Gasteiger partial charge in [-0.1, -0.05) is 18.2 Å². The standard InChI is InChI=1S/C9H6N2O2.C8H8O3/c1-7-2-3-8(10-5-12)4-9(7)11-6-13;1-5-3-2-4-6(7(5)9)8(10)11/h2-4H,1H3;2-4,9H,1H3,(H,10,11). The van der Waals surface area contributed by atoms with Crippen LogP contribution < -0.4 is 0 Å². The van der Waals surface area contributed by atoms with Gasteiger partial charge in [-0.3, -0.25) is 0 Å². The molecule has 0 heterocycles. The Kier molecular flexibility index (Phi) is 6.79. The average Bonchev–Trinajstić information content (AvgIpc) is 2.54. The van der Waals surface area contributed by atoms with Crippen molar-refractivity contribution >= 4 is 29.5 Å². The van der Waals surface area contributed by atoms with E-state index in [4.69, 9.17) is 5.11 Å². The number of nitrogens with zero attached hydrogens (tertiary/aromatic N) is 2. The molecule has 0 unspecified atom stereocenters. The first kappa shape index (κ1) is 18.5. The first-order valence-electron chi connectivity index (χ1n) is 6.69. The van der Waals surface area contributed by atoms with Crippen LogP contribution in [0.3, 0.4) is 0 Å². The molecule has 0 aliphatic carbocycles. The lowest BCUT2D eigenvalue weighted by Gasteiger charge is -2.00. The van der Waals surface area contributed by atoms with E-state index in [-0.39, 0.29) is 11.3 Å². The molecule has 0 aliphatic rings. The highest BCUT2D eigenvalue weighted by atomic mass is 16.4. The molecule has 0 fully saturated rings. The Balaban J connectivity index is 0.000000243. The molecule has 7 heteroatoms. The second-order valence-electron chi connectivity index (χ2n) is 4.65. The monoisotopic (exact) mass is 326 g/mol. The van der Waals surface area contributed by atoms with Crippen LogP contribution in [0.2, 0.25) is 0 Å². The number of carbonyl (C=O) groups excluding carboxylic acids is 2. The van der Waals surface area contributed by atoms with Crippen molar-refractivity contribution in [2.75, 3.05) is 0 Å². The summed E-state index contributed by atoms with van der Waals surface area (Å²) in [5.41, 5.74) is 2.24. The SMILES string of the molecule is Cc1ccc(N=C=O)cc1N=C=O.Cc1cccc(C(=O)O)c1O. The van der Waals surface area contributed by atoms with E-state index in [0.29, 0.717) is 16.9 Å². The summed E-state index contributed by atoms with van der Waals surface area (Å²) in [6.45, 7) is 3.45. The number of para-hydroxylation sites is 1. The largest absolute Gasteiger partial charge is 0.507 e. The number of carboxylic acids is 1. The highest BCUT2D eigenvalue weighted by molar-refractivity contribution is 5.91. The van der Waals surface area contributed by atoms with Crippen molar-refractivity contribution in [1.82, 2.24) is 0 Å². The summed E-state index contributed by atoms with van der Waals surface area (Å²) < 4.78 is 0. The highest BCUT2D eigenvalue weighted by Crippen LogP contribution is 2.24. The Morgan fingerprint density at radius 1 is 1.00 bits per heavy atom. The third-order valence-electron chi connectivity index (χ3n) is 3.00. The van der Waals surface area contributed by atoms with Crippen LogP contribution in [0.4, 0.5) is 11.4 Å². The van der Waals surface area contributed by atoms with Gasteiger partial charge in [0.25, 0.3) is 0 Å².